The van der Waals surface area contributed by atoms with E-state index in [1.165, 1.54) is 11.8 Å². The van der Waals surface area contributed by atoms with Crippen LogP contribution in [0.3, 0.4) is 0 Å². The molecule has 8 heteroatoms. The highest BCUT2D eigenvalue weighted by atomic mass is 32.2. The Morgan fingerprint density at radius 1 is 1.21 bits per heavy atom. The molecule has 7 nitrogen and oxygen atoms in total. The molecule has 1 aliphatic carbocycles. The van der Waals surface area contributed by atoms with Crippen molar-refractivity contribution in [3.63, 3.8) is 0 Å². The SMILES string of the molecule is Cc1cc(C)n(CCCNC(=O)CSc2nc(C3CC3)n(-c3ccccc3)n2)n1. The molecule has 152 valence electrons. The third kappa shape index (κ3) is 5.06. The fourth-order valence-electron chi connectivity index (χ4n) is 3.27. The fraction of sp³-hybridized carbons (Fsp3) is 0.429. The minimum Gasteiger partial charge on any atom is -0.355 e. The maximum Gasteiger partial charge on any atom is 0.230 e. The van der Waals surface area contributed by atoms with Crippen LogP contribution in [0.2, 0.25) is 0 Å². The zero-order chi connectivity index (χ0) is 20.2. The van der Waals surface area contributed by atoms with Gasteiger partial charge in [0, 0.05) is 24.7 Å². The van der Waals surface area contributed by atoms with E-state index in [1.807, 2.05) is 53.5 Å². The van der Waals surface area contributed by atoms with Crippen molar-refractivity contribution in [3.8, 4) is 5.69 Å². The van der Waals surface area contributed by atoms with E-state index in [0.29, 0.717) is 23.4 Å². The Morgan fingerprint density at radius 2 is 2.00 bits per heavy atom. The molecule has 1 saturated carbocycles. The molecule has 0 bridgehead atoms. The summed E-state index contributed by atoms with van der Waals surface area (Å²) in [5.41, 5.74) is 3.19. The molecule has 1 aromatic carbocycles. The van der Waals surface area contributed by atoms with Gasteiger partial charge < -0.3 is 5.32 Å². The van der Waals surface area contributed by atoms with Crippen LogP contribution in [-0.4, -0.2) is 42.7 Å². The maximum atomic E-state index is 12.2. The quantitative estimate of drug-likeness (QED) is 0.433. The van der Waals surface area contributed by atoms with Crippen LogP contribution in [0.1, 0.15) is 42.4 Å². The lowest BCUT2D eigenvalue weighted by Crippen LogP contribution is -2.27. The molecular formula is C21H26N6OS. The molecule has 4 rings (SSSR count). The minimum atomic E-state index is 0.00685. The Bertz CT molecular complexity index is 976. The van der Waals surface area contributed by atoms with Gasteiger partial charge >= 0.3 is 0 Å². The molecule has 0 unspecified atom stereocenters. The van der Waals surface area contributed by atoms with E-state index >= 15 is 0 Å². The van der Waals surface area contributed by atoms with Gasteiger partial charge in [-0.25, -0.2) is 9.67 Å². The molecule has 1 aliphatic rings. The van der Waals surface area contributed by atoms with E-state index in [9.17, 15) is 4.79 Å². The lowest BCUT2D eigenvalue weighted by molar-refractivity contribution is -0.118. The van der Waals surface area contributed by atoms with Gasteiger partial charge in [-0.1, -0.05) is 30.0 Å². The van der Waals surface area contributed by atoms with Gasteiger partial charge in [0.05, 0.1) is 17.1 Å². The molecule has 2 aromatic heterocycles. The van der Waals surface area contributed by atoms with Crippen LogP contribution in [-0.2, 0) is 11.3 Å². The first-order valence-corrected chi connectivity index (χ1v) is 11.0. The van der Waals surface area contributed by atoms with Gasteiger partial charge in [0.25, 0.3) is 0 Å². The number of hydrogen-bond acceptors (Lipinski definition) is 5. The van der Waals surface area contributed by atoms with Gasteiger partial charge in [-0.05, 0) is 51.3 Å². The van der Waals surface area contributed by atoms with E-state index in [1.54, 1.807) is 0 Å². The van der Waals surface area contributed by atoms with Crippen molar-refractivity contribution in [3.05, 3.63) is 53.6 Å². The normalized spacial score (nSPS) is 13.6. The summed E-state index contributed by atoms with van der Waals surface area (Å²) < 4.78 is 3.90. The zero-order valence-electron chi connectivity index (χ0n) is 16.8. The van der Waals surface area contributed by atoms with Gasteiger partial charge in [-0.3, -0.25) is 9.48 Å². The third-order valence-electron chi connectivity index (χ3n) is 4.86. The molecule has 2 heterocycles. The van der Waals surface area contributed by atoms with Gasteiger partial charge in [-0.2, -0.15) is 5.10 Å². The van der Waals surface area contributed by atoms with Gasteiger partial charge in [0.2, 0.25) is 11.1 Å². The molecule has 0 aliphatic heterocycles. The number of amides is 1. The summed E-state index contributed by atoms with van der Waals surface area (Å²) in [5, 5.41) is 12.7. The van der Waals surface area contributed by atoms with Crippen molar-refractivity contribution >= 4 is 17.7 Å². The lowest BCUT2D eigenvalue weighted by Gasteiger charge is -2.06. The zero-order valence-corrected chi connectivity index (χ0v) is 17.7. The van der Waals surface area contributed by atoms with E-state index in [4.69, 9.17) is 4.98 Å². The van der Waals surface area contributed by atoms with Crippen molar-refractivity contribution < 1.29 is 4.79 Å². The van der Waals surface area contributed by atoms with E-state index in [0.717, 1.165) is 48.7 Å². The first kappa shape index (κ1) is 19.7. The molecule has 1 fully saturated rings. The number of thioether (sulfide) groups is 1. The molecule has 0 radical (unpaired) electrons. The Hall–Kier alpha value is -2.61. The van der Waals surface area contributed by atoms with Crippen LogP contribution in [0.15, 0.2) is 41.6 Å². The monoisotopic (exact) mass is 410 g/mol. The maximum absolute atomic E-state index is 12.2. The number of rotatable bonds is 9. The Morgan fingerprint density at radius 3 is 2.69 bits per heavy atom. The standard InChI is InChI=1S/C21H26N6OS/c1-15-13-16(2)26(24-15)12-6-11-22-19(28)14-29-21-23-20(17-9-10-17)27(25-21)18-7-4-3-5-8-18/h3-5,7-8,13,17H,6,9-12,14H2,1-2H3,(H,22,28). The number of nitrogens with zero attached hydrogens (tertiary/aromatic N) is 5. The predicted molar refractivity (Wildman–Crippen MR) is 113 cm³/mol. The highest BCUT2D eigenvalue weighted by Gasteiger charge is 2.30. The highest BCUT2D eigenvalue weighted by Crippen LogP contribution is 2.40. The average molecular weight is 411 g/mol. The number of aromatic nitrogens is 5. The summed E-state index contributed by atoms with van der Waals surface area (Å²) in [6, 6.07) is 12.1. The topological polar surface area (TPSA) is 77.6 Å². The summed E-state index contributed by atoms with van der Waals surface area (Å²) in [6.07, 6.45) is 3.17. The summed E-state index contributed by atoms with van der Waals surface area (Å²) in [6.45, 7) is 5.48. The molecule has 3 aromatic rings. The number of benzene rings is 1. The lowest BCUT2D eigenvalue weighted by atomic mass is 10.3. The average Bonchev–Trinajstić information content (AvgIpc) is 3.39. The Kier molecular flexibility index (Phi) is 5.99. The van der Waals surface area contributed by atoms with Crippen LogP contribution >= 0.6 is 11.8 Å². The van der Waals surface area contributed by atoms with Crippen molar-refractivity contribution in [1.29, 1.82) is 0 Å². The van der Waals surface area contributed by atoms with Gasteiger partial charge in [0.15, 0.2) is 0 Å². The van der Waals surface area contributed by atoms with Crippen molar-refractivity contribution in [2.75, 3.05) is 12.3 Å². The van der Waals surface area contributed by atoms with E-state index in [2.05, 4.69) is 21.6 Å². The molecule has 0 saturated heterocycles. The number of carbonyl (C=O) groups is 1. The molecule has 0 atom stereocenters. The van der Waals surface area contributed by atoms with Crippen LogP contribution in [0.25, 0.3) is 5.69 Å². The number of nitrogens with one attached hydrogen (secondary N) is 1. The first-order chi connectivity index (χ1) is 14.1. The van der Waals surface area contributed by atoms with Crippen molar-refractivity contribution in [2.45, 2.75) is 50.7 Å². The highest BCUT2D eigenvalue weighted by molar-refractivity contribution is 7.99. The minimum absolute atomic E-state index is 0.00685. The fourth-order valence-corrected chi connectivity index (χ4v) is 3.93. The van der Waals surface area contributed by atoms with E-state index in [-0.39, 0.29) is 5.91 Å². The van der Waals surface area contributed by atoms with Gasteiger partial charge in [-0.15, -0.1) is 5.10 Å². The predicted octanol–water partition coefficient (Wildman–Crippen LogP) is 3.26. The molecule has 1 N–H and O–H groups in total. The number of aryl methyl sites for hydroxylation is 3. The van der Waals surface area contributed by atoms with Crippen LogP contribution in [0, 0.1) is 13.8 Å². The first-order valence-electron chi connectivity index (χ1n) is 10.0. The molecular weight excluding hydrogens is 384 g/mol. The summed E-state index contributed by atoms with van der Waals surface area (Å²) >= 11 is 1.39. The Balaban J connectivity index is 1.26. The van der Waals surface area contributed by atoms with Crippen LogP contribution < -0.4 is 5.32 Å². The summed E-state index contributed by atoms with van der Waals surface area (Å²) in [7, 11) is 0. The largest absolute Gasteiger partial charge is 0.355 e. The van der Waals surface area contributed by atoms with E-state index < -0.39 is 0 Å². The number of hydrogen-bond donors (Lipinski definition) is 1. The second-order valence-corrected chi connectivity index (χ2v) is 8.36. The molecule has 0 spiro atoms. The smallest absolute Gasteiger partial charge is 0.230 e. The van der Waals surface area contributed by atoms with Crippen LogP contribution in [0.5, 0.6) is 0 Å². The Labute approximate surface area is 174 Å². The van der Waals surface area contributed by atoms with Crippen molar-refractivity contribution in [2.24, 2.45) is 0 Å². The molecule has 1 amide bonds. The van der Waals surface area contributed by atoms with Crippen LogP contribution in [0.4, 0.5) is 0 Å². The summed E-state index contributed by atoms with van der Waals surface area (Å²) in [5.74, 6) is 1.82. The number of carbonyl (C=O) groups excluding carboxylic acids is 1. The van der Waals surface area contributed by atoms with Crippen molar-refractivity contribution in [1.82, 2.24) is 29.9 Å². The second-order valence-electron chi connectivity index (χ2n) is 7.42. The van der Waals surface area contributed by atoms with Gasteiger partial charge in [0.1, 0.15) is 5.82 Å². The third-order valence-corrected chi connectivity index (χ3v) is 5.70. The summed E-state index contributed by atoms with van der Waals surface area (Å²) in [4.78, 5) is 16.9. The molecule has 29 heavy (non-hydrogen) atoms. The number of para-hydroxylation sites is 1. The second kappa shape index (κ2) is 8.82.